The number of carbonyl (C=O) groups excluding carboxylic acids is 1. The molecule has 3 N–H and O–H groups in total. The molecule has 0 aliphatic carbocycles. The van der Waals surface area contributed by atoms with Gasteiger partial charge in [0.05, 0.1) is 0 Å². The molecule has 4 rings (SSSR count). The Bertz CT molecular complexity index is 1040. The summed E-state index contributed by atoms with van der Waals surface area (Å²) in [6.45, 7) is 2.33. The highest BCUT2D eigenvalue weighted by atomic mass is 19.1. The Morgan fingerprint density at radius 3 is 2.79 bits per heavy atom. The van der Waals surface area contributed by atoms with Gasteiger partial charge in [-0.25, -0.2) is 9.87 Å². The molecule has 0 saturated carbocycles. The van der Waals surface area contributed by atoms with Crippen molar-refractivity contribution in [2.75, 3.05) is 19.7 Å². The van der Waals surface area contributed by atoms with Crippen molar-refractivity contribution >= 4 is 22.4 Å². The van der Waals surface area contributed by atoms with Gasteiger partial charge in [0.15, 0.2) is 6.61 Å². The van der Waals surface area contributed by atoms with Crippen LogP contribution in [-0.2, 0) is 11.3 Å². The summed E-state index contributed by atoms with van der Waals surface area (Å²) < 4.78 is 18.9. The molecule has 0 unspecified atom stereocenters. The lowest BCUT2D eigenvalue weighted by Crippen LogP contribution is -2.28. The molecule has 2 aromatic carbocycles. The first-order chi connectivity index (χ1) is 14.1. The van der Waals surface area contributed by atoms with Crippen molar-refractivity contribution in [2.45, 2.75) is 13.0 Å². The van der Waals surface area contributed by atoms with Crippen LogP contribution >= 0.6 is 0 Å². The molecule has 1 aromatic heterocycles. The molecular weight excluding hydrogens is 373 g/mol. The van der Waals surface area contributed by atoms with Gasteiger partial charge in [0.1, 0.15) is 11.6 Å². The molecule has 3 aromatic rings. The zero-order valence-corrected chi connectivity index (χ0v) is 15.8. The highest BCUT2D eigenvalue weighted by molar-refractivity contribution is 5.92. The fraction of sp³-hybridized carbons (Fsp3) is 0.227. The Labute approximate surface area is 167 Å². The van der Waals surface area contributed by atoms with Crippen LogP contribution in [0.25, 0.3) is 16.5 Å². The van der Waals surface area contributed by atoms with Crippen molar-refractivity contribution in [2.24, 2.45) is 0 Å². The predicted octanol–water partition coefficient (Wildman–Crippen LogP) is 3.48. The number of amides is 1. The van der Waals surface area contributed by atoms with Crippen LogP contribution in [0.2, 0.25) is 0 Å². The average Bonchev–Trinajstić information content (AvgIpc) is 3.16. The molecule has 0 fully saturated rings. The molecular formula is C22H22FN3O3. The van der Waals surface area contributed by atoms with Crippen molar-refractivity contribution < 1.29 is 19.1 Å². The first-order valence-corrected chi connectivity index (χ1v) is 9.45. The Morgan fingerprint density at radius 1 is 1.24 bits per heavy atom. The predicted molar refractivity (Wildman–Crippen MR) is 108 cm³/mol. The number of ether oxygens (including phenoxy) is 1. The van der Waals surface area contributed by atoms with E-state index >= 15 is 0 Å². The Morgan fingerprint density at radius 2 is 2.07 bits per heavy atom. The lowest BCUT2D eigenvalue weighted by molar-refractivity contribution is -0.131. The van der Waals surface area contributed by atoms with Crippen LogP contribution in [0.4, 0.5) is 4.39 Å². The van der Waals surface area contributed by atoms with E-state index in [0.717, 1.165) is 48.1 Å². The molecule has 0 atom stereocenters. The SMILES string of the molecule is O=C(COc1ccc(CN2CC=C(c3c[nH]c4ccc(F)cc34)CC2)cc1)NO. The fourth-order valence-corrected chi connectivity index (χ4v) is 3.59. The number of fused-ring (bicyclic) bond motifs is 1. The molecule has 0 radical (unpaired) electrons. The van der Waals surface area contributed by atoms with E-state index in [1.807, 2.05) is 30.5 Å². The Kier molecular flexibility index (Phi) is 5.59. The standard InChI is InChI=1S/C22H22FN3O3/c23-17-3-6-21-19(11-17)20(12-24-21)16-7-9-26(10-8-16)13-15-1-4-18(5-2-15)29-14-22(27)25-28/h1-7,11-12,24,28H,8-10,13-14H2,(H,25,27). The van der Waals surface area contributed by atoms with E-state index in [2.05, 4.69) is 16.0 Å². The molecule has 1 aliphatic heterocycles. The zero-order valence-electron chi connectivity index (χ0n) is 15.8. The van der Waals surface area contributed by atoms with Gasteiger partial charge in [-0.2, -0.15) is 0 Å². The van der Waals surface area contributed by atoms with E-state index in [4.69, 9.17) is 9.94 Å². The van der Waals surface area contributed by atoms with Crippen molar-refractivity contribution in [3.63, 3.8) is 0 Å². The van der Waals surface area contributed by atoms with E-state index in [-0.39, 0.29) is 12.4 Å². The summed E-state index contributed by atoms with van der Waals surface area (Å²) in [4.78, 5) is 16.6. The number of carbonyl (C=O) groups is 1. The van der Waals surface area contributed by atoms with Crippen LogP contribution in [0.1, 0.15) is 17.5 Å². The molecule has 29 heavy (non-hydrogen) atoms. The Balaban J connectivity index is 1.37. The van der Waals surface area contributed by atoms with Crippen molar-refractivity contribution in [1.29, 1.82) is 0 Å². The molecule has 1 aliphatic rings. The molecule has 2 heterocycles. The van der Waals surface area contributed by atoms with E-state index in [0.29, 0.717) is 5.75 Å². The van der Waals surface area contributed by atoms with Gasteiger partial charge < -0.3 is 9.72 Å². The lowest BCUT2D eigenvalue weighted by atomic mass is 9.98. The van der Waals surface area contributed by atoms with E-state index < -0.39 is 5.91 Å². The molecule has 0 spiro atoms. The van der Waals surface area contributed by atoms with Gasteiger partial charge in [-0.1, -0.05) is 18.2 Å². The fourth-order valence-electron chi connectivity index (χ4n) is 3.59. The normalized spacial score (nSPS) is 14.6. The minimum absolute atomic E-state index is 0.221. The highest BCUT2D eigenvalue weighted by Crippen LogP contribution is 2.30. The number of nitrogens with one attached hydrogen (secondary N) is 2. The molecule has 0 saturated heterocycles. The number of H-pyrrole nitrogens is 1. The summed E-state index contributed by atoms with van der Waals surface area (Å²) in [7, 11) is 0. The maximum atomic E-state index is 13.6. The third-order valence-electron chi connectivity index (χ3n) is 5.11. The van der Waals surface area contributed by atoms with E-state index in [1.165, 1.54) is 17.1 Å². The van der Waals surface area contributed by atoms with Crippen LogP contribution in [0, 0.1) is 5.82 Å². The summed E-state index contributed by atoms with van der Waals surface area (Å²) in [6, 6.07) is 12.4. The second-order valence-corrected chi connectivity index (χ2v) is 7.07. The van der Waals surface area contributed by atoms with Gasteiger partial charge in [-0.3, -0.25) is 14.9 Å². The van der Waals surface area contributed by atoms with Crippen LogP contribution in [0.5, 0.6) is 5.75 Å². The molecule has 0 bridgehead atoms. The van der Waals surface area contributed by atoms with Crippen molar-refractivity contribution in [1.82, 2.24) is 15.4 Å². The van der Waals surface area contributed by atoms with Gasteiger partial charge in [0.25, 0.3) is 5.91 Å². The number of halogens is 1. The summed E-state index contributed by atoms with van der Waals surface area (Å²) in [5.74, 6) is -0.242. The maximum Gasteiger partial charge on any atom is 0.281 e. The quantitative estimate of drug-likeness (QED) is 0.441. The first-order valence-electron chi connectivity index (χ1n) is 9.45. The largest absolute Gasteiger partial charge is 0.484 e. The second kappa shape index (κ2) is 8.46. The van der Waals surface area contributed by atoms with Gasteiger partial charge in [-0.05, 0) is 47.9 Å². The summed E-state index contributed by atoms with van der Waals surface area (Å²) in [5.41, 5.74) is 5.94. The van der Waals surface area contributed by atoms with Crippen LogP contribution in [0.15, 0.2) is 54.7 Å². The van der Waals surface area contributed by atoms with Gasteiger partial charge in [-0.15, -0.1) is 0 Å². The molecule has 1 amide bonds. The molecule has 150 valence electrons. The van der Waals surface area contributed by atoms with E-state index in [9.17, 15) is 9.18 Å². The highest BCUT2D eigenvalue weighted by Gasteiger charge is 2.16. The van der Waals surface area contributed by atoms with Gasteiger partial charge in [0.2, 0.25) is 0 Å². The second-order valence-electron chi connectivity index (χ2n) is 7.07. The van der Waals surface area contributed by atoms with Crippen LogP contribution in [-0.4, -0.2) is 40.7 Å². The maximum absolute atomic E-state index is 13.6. The van der Waals surface area contributed by atoms with Gasteiger partial charge in [0, 0.05) is 42.3 Å². The number of aromatic nitrogens is 1. The monoisotopic (exact) mass is 395 g/mol. The number of aromatic amines is 1. The number of rotatable bonds is 6. The number of benzene rings is 2. The minimum Gasteiger partial charge on any atom is -0.484 e. The van der Waals surface area contributed by atoms with Crippen LogP contribution < -0.4 is 10.2 Å². The van der Waals surface area contributed by atoms with Crippen molar-refractivity contribution in [3.8, 4) is 5.75 Å². The minimum atomic E-state index is -0.595. The summed E-state index contributed by atoms with van der Waals surface area (Å²) in [6.07, 6.45) is 5.07. The van der Waals surface area contributed by atoms with Gasteiger partial charge >= 0.3 is 0 Å². The number of hydroxylamine groups is 1. The third kappa shape index (κ3) is 4.47. The summed E-state index contributed by atoms with van der Waals surface area (Å²) in [5, 5.41) is 9.40. The summed E-state index contributed by atoms with van der Waals surface area (Å²) >= 11 is 0. The lowest BCUT2D eigenvalue weighted by Gasteiger charge is -2.26. The van der Waals surface area contributed by atoms with Crippen LogP contribution in [0.3, 0.4) is 0 Å². The Hall–Kier alpha value is -3.16. The average molecular weight is 395 g/mol. The zero-order chi connectivity index (χ0) is 20.2. The first kappa shape index (κ1) is 19.2. The smallest absolute Gasteiger partial charge is 0.281 e. The third-order valence-corrected chi connectivity index (χ3v) is 5.11. The molecule has 6 nitrogen and oxygen atoms in total. The number of nitrogens with zero attached hydrogens (tertiary/aromatic N) is 1. The van der Waals surface area contributed by atoms with E-state index in [1.54, 1.807) is 12.1 Å². The molecule has 7 heteroatoms. The van der Waals surface area contributed by atoms with Crippen molar-refractivity contribution in [3.05, 3.63) is 71.7 Å². The topological polar surface area (TPSA) is 77.6 Å². The number of hydrogen-bond acceptors (Lipinski definition) is 4. The number of hydrogen-bond donors (Lipinski definition) is 3.